The monoisotopic (exact) mass is 113 g/mol. The Morgan fingerprint density at radius 1 is 1.38 bits per heavy atom. The minimum atomic E-state index is 0.0150. The average Bonchev–Trinajstić information content (AvgIpc) is 2.23. The molecule has 2 bridgehead atoms. The molecule has 2 fully saturated rings. The summed E-state index contributed by atoms with van der Waals surface area (Å²) in [7, 11) is 0. The first-order valence-electron chi connectivity index (χ1n) is 3.28. The summed E-state index contributed by atoms with van der Waals surface area (Å²) in [6.07, 6.45) is 2.22. The zero-order valence-corrected chi connectivity index (χ0v) is 4.80. The lowest BCUT2D eigenvalue weighted by Gasteiger charge is -2.15. The Bertz CT molecular complexity index is 103. The number of hydrogen-bond acceptors (Lipinski definition) is 2. The lowest BCUT2D eigenvalue weighted by Crippen LogP contribution is -2.32. The molecule has 1 saturated carbocycles. The van der Waals surface area contributed by atoms with E-state index in [0.717, 1.165) is 13.0 Å². The lowest BCUT2D eigenvalue weighted by atomic mass is 10.1. The molecule has 1 saturated heterocycles. The SMILES string of the molecule is O[C@@H]1C[C@@H]2C[C@H]1CN2. The van der Waals surface area contributed by atoms with Crippen LogP contribution in [0.2, 0.25) is 0 Å². The predicted molar refractivity (Wildman–Crippen MR) is 30.5 cm³/mol. The minimum absolute atomic E-state index is 0.0150. The van der Waals surface area contributed by atoms with Crippen LogP contribution in [-0.2, 0) is 0 Å². The lowest BCUT2D eigenvalue weighted by molar-refractivity contribution is 0.121. The second kappa shape index (κ2) is 1.45. The summed E-state index contributed by atoms with van der Waals surface area (Å²) in [5.41, 5.74) is 0. The van der Waals surface area contributed by atoms with E-state index in [0.29, 0.717) is 12.0 Å². The first-order chi connectivity index (χ1) is 3.86. The van der Waals surface area contributed by atoms with Gasteiger partial charge in [0, 0.05) is 12.6 Å². The largest absolute Gasteiger partial charge is 0.393 e. The molecule has 1 aliphatic heterocycles. The van der Waals surface area contributed by atoms with Gasteiger partial charge in [0.15, 0.2) is 0 Å². The van der Waals surface area contributed by atoms with Crippen LogP contribution in [0.4, 0.5) is 0 Å². The molecule has 2 heteroatoms. The van der Waals surface area contributed by atoms with Gasteiger partial charge in [-0.15, -0.1) is 0 Å². The number of aliphatic hydroxyl groups excluding tert-OH is 1. The molecule has 0 amide bonds. The van der Waals surface area contributed by atoms with Crippen molar-refractivity contribution in [3.8, 4) is 0 Å². The van der Waals surface area contributed by atoms with Gasteiger partial charge in [-0.25, -0.2) is 0 Å². The minimum Gasteiger partial charge on any atom is -0.393 e. The molecular formula is C6H11NO. The van der Waals surface area contributed by atoms with E-state index in [1.54, 1.807) is 0 Å². The third-order valence-electron chi connectivity index (χ3n) is 2.33. The summed E-state index contributed by atoms with van der Waals surface area (Å²) in [6.45, 7) is 1.05. The van der Waals surface area contributed by atoms with Crippen LogP contribution < -0.4 is 5.32 Å². The Morgan fingerprint density at radius 2 is 2.25 bits per heavy atom. The number of piperidine rings is 1. The van der Waals surface area contributed by atoms with Crippen LogP contribution in [0.15, 0.2) is 0 Å². The van der Waals surface area contributed by atoms with E-state index in [1.165, 1.54) is 6.42 Å². The van der Waals surface area contributed by atoms with Gasteiger partial charge < -0.3 is 10.4 Å². The Kier molecular flexibility index (Phi) is 0.866. The number of nitrogens with one attached hydrogen (secondary N) is 1. The summed E-state index contributed by atoms with van der Waals surface area (Å²) in [6, 6.07) is 0.648. The van der Waals surface area contributed by atoms with Crippen molar-refractivity contribution in [1.29, 1.82) is 0 Å². The smallest absolute Gasteiger partial charge is 0.0595 e. The molecule has 0 aromatic carbocycles. The Morgan fingerprint density at radius 3 is 2.50 bits per heavy atom. The van der Waals surface area contributed by atoms with Gasteiger partial charge in [0.2, 0.25) is 0 Å². The molecule has 0 unspecified atom stereocenters. The molecule has 2 N–H and O–H groups in total. The summed E-state index contributed by atoms with van der Waals surface area (Å²) in [5.74, 6) is 0.583. The second-order valence-electron chi connectivity index (χ2n) is 2.90. The topological polar surface area (TPSA) is 32.3 Å². The summed E-state index contributed by atoms with van der Waals surface area (Å²) < 4.78 is 0. The molecule has 1 heterocycles. The average molecular weight is 113 g/mol. The second-order valence-corrected chi connectivity index (χ2v) is 2.90. The Hall–Kier alpha value is -0.0800. The summed E-state index contributed by atoms with van der Waals surface area (Å²) >= 11 is 0. The van der Waals surface area contributed by atoms with Crippen LogP contribution in [-0.4, -0.2) is 23.8 Å². The molecular weight excluding hydrogens is 102 g/mol. The van der Waals surface area contributed by atoms with Crippen LogP contribution >= 0.6 is 0 Å². The third-order valence-corrected chi connectivity index (χ3v) is 2.33. The highest BCUT2D eigenvalue weighted by molar-refractivity contribution is 4.94. The first kappa shape index (κ1) is 4.77. The molecule has 0 spiro atoms. The first-order valence-corrected chi connectivity index (χ1v) is 3.28. The molecule has 0 aromatic heterocycles. The van der Waals surface area contributed by atoms with E-state index in [-0.39, 0.29) is 6.10 Å². The van der Waals surface area contributed by atoms with E-state index < -0.39 is 0 Å². The van der Waals surface area contributed by atoms with Gasteiger partial charge in [0.25, 0.3) is 0 Å². The van der Waals surface area contributed by atoms with Crippen molar-refractivity contribution in [2.24, 2.45) is 5.92 Å². The molecule has 0 aromatic rings. The van der Waals surface area contributed by atoms with Crippen molar-refractivity contribution >= 4 is 0 Å². The highest BCUT2D eigenvalue weighted by Gasteiger charge is 2.37. The molecule has 46 valence electrons. The number of fused-ring (bicyclic) bond motifs is 2. The van der Waals surface area contributed by atoms with Crippen LogP contribution in [0.1, 0.15) is 12.8 Å². The van der Waals surface area contributed by atoms with Crippen LogP contribution in [0.5, 0.6) is 0 Å². The normalized spacial score (nSPS) is 52.9. The maximum atomic E-state index is 9.18. The van der Waals surface area contributed by atoms with Crippen molar-refractivity contribution in [2.75, 3.05) is 6.54 Å². The maximum Gasteiger partial charge on any atom is 0.0595 e. The van der Waals surface area contributed by atoms with Crippen molar-refractivity contribution in [3.05, 3.63) is 0 Å². The van der Waals surface area contributed by atoms with Crippen molar-refractivity contribution in [2.45, 2.75) is 25.0 Å². The van der Waals surface area contributed by atoms with Gasteiger partial charge in [0.05, 0.1) is 6.10 Å². The quantitative estimate of drug-likeness (QED) is 0.453. The molecule has 2 nitrogen and oxygen atoms in total. The van der Waals surface area contributed by atoms with E-state index in [2.05, 4.69) is 5.32 Å². The summed E-state index contributed by atoms with van der Waals surface area (Å²) in [4.78, 5) is 0. The van der Waals surface area contributed by atoms with E-state index in [4.69, 9.17) is 0 Å². The zero-order chi connectivity index (χ0) is 5.56. The van der Waals surface area contributed by atoms with Gasteiger partial charge in [-0.1, -0.05) is 0 Å². The van der Waals surface area contributed by atoms with Gasteiger partial charge in [0.1, 0.15) is 0 Å². The molecule has 8 heavy (non-hydrogen) atoms. The number of hydrogen-bond donors (Lipinski definition) is 2. The van der Waals surface area contributed by atoms with E-state index in [9.17, 15) is 5.11 Å². The Balaban J connectivity index is 2.11. The fourth-order valence-corrected chi connectivity index (χ4v) is 1.81. The van der Waals surface area contributed by atoms with Crippen LogP contribution in [0, 0.1) is 5.92 Å². The standard InChI is InChI=1S/C6H11NO/c8-6-2-5-1-4(6)3-7-5/h4-8H,1-3H2/t4-,5-,6+/m0/s1. The molecule has 0 radical (unpaired) electrons. The van der Waals surface area contributed by atoms with Crippen molar-refractivity contribution in [3.63, 3.8) is 0 Å². The maximum absolute atomic E-state index is 9.18. The number of aliphatic hydroxyl groups is 1. The molecule has 2 rings (SSSR count). The number of rotatable bonds is 0. The van der Waals surface area contributed by atoms with Crippen LogP contribution in [0.25, 0.3) is 0 Å². The zero-order valence-electron chi connectivity index (χ0n) is 4.80. The highest BCUT2D eigenvalue weighted by Crippen LogP contribution is 2.30. The van der Waals surface area contributed by atoms with E-state index in [1.807, 2.05) is 0 Å². The Labute approximate surface area is 48.9 Å². The molecule has 3 atom stereocenters. The fourth-order valence-electron chi connectivity index (χ4n) is 1.81. The van der Waals surface area contributed by atoms with E-state index >= 15 is 0 Å². The van der Waals surface area contributed by atoms with Gasteiger partial charge >= 0.3 is 0 Å². The summed E-state index contributed by atoms with van der Waals surface area (Å²) in [5, 5.41) is 12.5. The van der Waals surface area contributed by atoms with Gasteiger partial charge in [-0.3, -0.25) is 0 Å². The highest BCUT2D eigenvalue weighted by atomic mass is 16.3. The van der Waals surface area contributed by atoms with Crippen molar-refractivity contribution < 1.29 is 5.11 Å². The molecule has 2 aliphatic rings. The molecule has 1 aliphatic carbocycles. The van der Waals surface area contributed by atoms with Gasteiger partial charge in [-0.2, -0.15) is 0 Å². The van der Waals surface area contributed by atoms with Crippen molar-refractivity contribution in [1.82, 2.24) is 5.32 Å². The third kappa shape index (κ3) is 0.501. The van der Waals surface area contributed by atoms with Crippen LogP contribution in [0.3, 0.4) is 0 Å². The van der Waals surface area contributed by atoms with Gasteiger partial charge in [-0.05, 0) is 18.8 Å². The fraction of sp³-hybridized carbons (Fsp3) is 1.00. The predicted octanol–water partition coefficient (Wildman–Crippen LogP) is -0.271.